The molecule has 1 atom stereocenters. The maximum absolute atomic E-state index is 13.7. The second kappa shape index (κ2) is 9.83. The van der Waals surface area contributed by atoms with Gasteiger partial charge in [0.05, 0.1) is 12.6 Å². The lowest BCUT2D eigenvalue weighted by molar-refractivity contribution is 0.108. The van der Waals surface area contributed by atoms with Crippen LogP contribution in [0.1, 0.15) is 50.6 Å². The number of nitrogens with one attached hydrogen (secondary N) is 1. The summed E-state index contributed by atoms with van der Waals surface area (Å²) in [6.45, 7) is 3.20. The van der Waals surface area contributed by atoms with Crippen LogP contribution in [0.15, 0.2) is 18.2 Å². The Morgan fingerprint density at radius 2 is 1.90 bits per heavy atom. The molecule has 1 rings (SSSR count). The van der Waals surface area contributed by atoms with E-state index in [2.05, 4.69) is 12.2 Å². The van der Waals surface area contributed by atoms with Gasteiger partial charge in [-0.2, -0.15) is 0 Å². The van der Waals surface area contributed by atoms with Crippen LogP contribution in [0.4, 0.5) is 8.78 Å². The molecule has 0 radical (unpaired) electrons. The van der Waals surface area contributed by atoms with E-state index in [1.165, 1.54) is 25.3 Å². The molecule has 4 heteroatoms. The van der Waals surface area contributed by atoms with Crippen LogP contribution < -0.4 is 5.32 Å². The molecule has 0 aliphatic carbocycles. The largest absolute Gasteiger partial charge is 0.379 e. The molecule has 0 aliphatic heterocycles. The molecule has 0 aliphatic rings. The van der Waals surface area contributed by atoms with Gasteiger partial charge in [-0.15, -0.1) is 0 Å². The molecule has 0 bridgehead atoms. The summed E-state index contributed by atoms with van der Waals surface area (Å²) in [5, 5.41) is 2.97. The van der Waals surface area contributed by atoms with Crippen LogP contribution in [-0.4, -0.2) is 20.3 Å². The van der Waals surface area contributed by atoms with E-state index < -0.39 is 11.6 Å². The first-order chi connectivity index (χ1) is 9.70. The van der Waals surface area contributed by atoms with E-state index in [0.29, 0.717) is 18.8 Å². The zero-order valence-corrected chi connectivity index (χ0v) is 12.4. The fraction of sp³-hybridized carbons (Fsp3) is 0.625. The minimum absolute atomic E-state index is 0.318. The summed E-state index contributed by atoms with van der Waals surface area (Å²) in [5.41, 5.74) is 0.318. The third-order valence-corrected chi connectivity index (χ3v) is 3.38. The van der Waals surface area contributed by atoms with Crippen molar-refractivity contribution in [1.29, 1.82) is 0 Å². The molecule has 0 amide bonds. The molecule has 20 heavy (non-hydrogen) atoms. The first kappa shape index (κ1) is 17.1. The quantitative estimate of drug-likeness (QED) is 0.650. The fourth-order valence-corrected chi connectivity index (χ4v) is 2.13. The molecule has 0 spiro atoms. The van der Waals surface area contributed by atoms with Crippen molar-refractivity contribution in [3.05, 3.63) is 35.4 Å². The van der Waals surface area contributed by atoms with Gasteiger partial charge in [-0.25, -0.2) is 8.78 Å². The summed E-state index contributed by atoms with van der Waals surface area (Å²) in [5.74, 6) is -1.61. The van der Waals surface area contributed by atoms with Crippen molar-refractivity contribution in [3.8, 4) is 0 Å². The lowest BCUT2D eigenvalue weighted by atomic mass is 10.1. The fourth-order valence-electron chi connectivity index (χ4n) is 2.13. The average molecular weight is 285 g/mol. The highest BCUT2D eigenvalue weighted by atomic mass is 19.2. The van der Waals surface area contributed by atoms with Crippen molar-refractivity contribution < 1.29 is 13.5 Å². The summed E-state index contributed by atoms with van der Waals surface area (Å²) in [4.78, 5) is 0. The number of halogens is 2. The highest BCUT2D eigenvalue weighted by Crippen LogP contribution is 2.19. The second-order valence-corrected chi connectivity index (χ2v) is 4.97. The maximum atomic E-state index is 13.7. The molecular formula is C16H25F2NO. The second-order valence-electron chi connectivity index (χ2n) is 4.97. The zero-order chi connectivity index (χ0) is 14.8. The van der Waals surface area contributed by atoms with Crippen molar-refractivity contribution in [2.24, 2.45) is 0 Å². The number of likely N-dealkylation sites (N-methyl/N-ethyl adjacent to an activating group) is 1. The summed E-state index contributed by atoms with van der Waals surface area (Å²) in [6.07, 6.45) is 5.89. The van der Waals surface area contributed by atoms with Gasteiger partial charge in [0.1, 0.15) is 0 Å². The summed E-state index contributed by atoms with van der Waals surface area (Å²) in [7, 11) is 1.72. The Hall–Kier alpha value is -1.00. The molecular weight excluding hydrogens is 260 g/mol. The number of ether oxygens (including phenoxy) is 1. The lowest BCUT2D eigenvalue weighted by Gasteiger charge is -2.17. The molecule has 0 aromatic heterocycles. The third kappa shape index (κ3) is 5.55. The van der Waals surface area contributed by atoms with Crippen LogP contribution in [0.3, 0.4) is 0 Å². The van der Waals surface area contributed by atoms with Gasteiger partial charge in [-0.3, -0.25) is 0 Å². The molecule has 2 nitrogen and oxygen atoms in total. The monoisotopic (exact) mass is 285 g/mol. The summed E-state index contributed by atoms with van der Waals surface area (Å²) in [6, 6.07) is 3.91. The number of rotatable bonds is 10. The smallest absolute Gasteiger partial charge is 0.163 e. The Labute approximate surface area is 120 Å². The van der Waals surface area contributed by atoms with Crippen molar-refractivity contribution >= 4 is 0 Å². The molecule has 1 aromatic rings. The van der Waals surface area contributed by atoms with Crippen molar-refractivity contribution in [2.45, 2.75) is 45.1 Å². The Morgan fingerprint density at radius 1 is 1.15 bits per heavy atom. The van der Waals surface area contributed by atoms with Crippen LogP contribution >= 0.6 is 0 Å². The van der Waals surface area contributed by atoms with Gasteiger partial charge in [-0.05, 0) is 19.5 Å². The van der Waals surface area contributed by atoms with E-state index in [-0.39, 0.29) is 6.04 Å². The van der Waals surface area contributed by atoms with Gasteiger partial charge >= 0.3 is 0 Å². The van der Waals surface area contributed by atoms with Gasteiger partial charge < -0.3 is 10.1 Å². The minimum Gasteiger partial charge on any atom is -0.379 e. The van der Waals surface area contributed by atoms with Crippen LogP contribution in [0, 0.1) is 11.6 Å². The Balaban J connectivity index is 2.34. The van der Waals surface area contributed by atoms with Crippen molar-refractivity contribution in [1.82, 2.24) is 5.32 Å². The maximum Gasteiger partial charge on any atom is 0.163 e. The highest BCUT2D eigenvalue weighted by Gasteiger charge is 2.16. The van der Waals surface area contributed by atoms with Gasteiger partial charge in [0.15, 0.2) is 11.6 Å². The van der Waals surface area contributed by atoms with Gasteiger partial charge in [0, 0.05) is 12.2 Å². The lowest BCUT2D eigenvalue weighted by Crippen LogP contribution is -2.23. The van der Waals surface area contributed by atoms with E-state index in [1.54, 1.807) is 13.1 Å². The Bertz CT molecular complexity index is 385. The molecule has 1 aromatic carbocycles. The average Bonchev–Trinajstić information content (AvgIpc) is 2.46. The van der Waals surface area contributed by atoms with Gasteiger partial charge in [-0.1, -0.05) is 44.7 Å². The number of unbranched alkanes of at least 4 members (excludes halogenated alkanes) is 4. The SMILES string of the molecule is CCCCCCCOCC(NC)c1cccc(F)c1F. The normalized spacial score (nSPS) is 12.6. The molecule has 0 heterocycles. The zero-order valence-electron chi connectivity index (χ0n) is 12.4. The molecule has 0 saturated carbocycles. The van der Waals surface area contributed by atoms with Crippen LogP contribution in [0.5, 0.6) is 0 Å². The number of hydrogen-bond acceptors (Lipinski definition) is 2. The van der Waals surface area contributed by atoms with Crippen LogP contribution in [0.2, 0.25) is 0 Å². The van der Waals surface area contributed by atoms with E-state index in [4.69, 9.17) is 4.74 Å². The summed E-state index contributed by atoms with van der Waals surface area (Å²) < 4.78 is 32.4. The molecule has 1 unspecified atom stereocenters. The summed E-state index contributed by atoms with van der Waals surface area (Å²) >= 11 is 0. The first-order valence-corrected chi connectivity index (χ1v) is 7.39. The minimum atomic E-state index is -0.817. The molecule has 0 fully saturated rings. The number of hydrogen-bond donors (Lipinski definition) is 1. The number of benzene rings is 1. The third-order valence-electron chi connectivity index (χ3n) is 3.38. The van der Waals surface area contributed by atoms with E-state index in [9.17, 15) is 8.78 Å². The molecule has 0 saturated heterocycles. The van der Waals surface area contributed by atoms with Crippen molar-refractivity contribution in [3.63, 3.8) is 0 Å². The van der Waals surface area contributed by atoms with Crippen molar-refractivity contribution in [2.75, 3.05) is 20.3 Å². The van der Waals surface area contributed by atoms with E-state index in [0.717, 1.165) is 18.9 Å². The predicted molar refractivity (Wildman–Crippen MR) is 77.7 cm³/mol. The predicted octanol–water partition coefficient (Wildman–Crippen LogP) is 4.21. The van der Waals surface area contributed by atoms with Crippen LogP contribution in [-0.2, 0) is 4.74 Å². The standard InChI is InChI=1S/C16H25F2NO/c1-3-4-5-6-7-11-20-12-15(19-2)13-9-8-10-14(17)16(13)18/h8-10,15,19H,3-7,11-12H2,1-2H3. The van der Waals surface area contributed by atoms with E-state index in [1.807, 2.05) is 0 Å². The molecule has 114 valence electrons. The van der Waals surface area contributed by atoms with Crippen LogP contribution in [0.25, 0.3) is 0 Å². The van der Waals surface area contributed by atoms with E-state index >= 15 is 0 Å². The Morgan fingerprint density at radius 3 is 2.60 bits per heavy atom. The van der Waals surface area contributed by atoms with Gasteiger partial charge in [0.25, 0.3) is 0 Å². The van der Waals surface area contributed by atoms with Gasteiger partial charge in [0.2, 0.25) is 0 Å². The topological polar surface area (TPSA) is 21.3 Å². The molecule has 1 N–H and O–H groups in total. The first-order valence-electron chi connectivity index (χ1n) is 7.39. The Kier molecular flexibility index (Phi) is 8.38. The highest BCUT2D eigenvalue weighted by molar-refractivity contribution is 5.22.